The fourth-order valence-electron chi connectivity index (χ4n) is 6.12. The first kappa shape index (κ1) is 37.5. The van der Waals surface area contributed by atoms with Crippen LogP contribution in [0.3, 0.4) is 0 Å². The van der Waals surface area contributed by atoms with E-state index in [0.717, 1.165) is 42.0 Å². The average molecular weight is 757 g/mol. The molecular weight excluding hydrogens is 717 g/mol. The van der Waals surface area contributed by atoms with Crippen LogP contribution in [0.5, 0.6) is 5.75 Å². The molecule has 2 amide bonds. The number of ether oxygens (including phenoxy) is 1. The number of halogens is 3. The van der Waals surface area contributed by atoms with E-state index in [2.05, 4.69) is 5.32 Å². The molecule has 12 heteroatoms. The van der Waals surface area contributed by atoms with E-state index in [9.17, 15) is 18.0 Å². The number of carbonyl (C=O) groups is 2. The summed E-state index contributed by atoms with van der Waals surface area (Å²) in [6, 6.07) is 25.8. The first-order valence-electron chi connectivity index (χ1n) is 16.6. The van der Waals surface area contributed by atoms with Crippen molar-refractivity contribution in [1.82, 2.24) is 10.2 Å². The molecule has 1 N–H and O–H groups in total. The van der Waals surface area contributed by atoms with Gasteiger partial charge in [-0.15, -0.1) is 0 Å². The molecule has 1 unspecified atom stereocenters. The number of nitrogens with one attached hydrogen (secondary N) is 1. The Bertz CT molecular complexity index is 1870. The van der Waals surface area contributed by atoms with E-state index in [1.165, 1.54) is 29.2 Å². The van der Waals surface area contributed by atoms with Crippen LogP contribution in [-0.2, 0) is 32.6 Å². The Balaban J connectivity index is 1.60. The first-order chi connectivity index (χ1) is 24.1. The third kappa shape index (κ3) is 9.51. The highest BCUT2D eigenvalue weighted by atomic mass is 35.5. The van der Waals surface area contributed by atoms with E-state index in [0.29, 0.717) is 20.6 Å². The Hall–Kier alpha value is -3.76. The van der Waals surface area contributed by atoms with E-state index in [-0.39, 0.29) is 47.9 Å². The van der Waals surface area contributed by atoms with Crippen LogP contribution < -0.4 is 14.4 Å². The lowest BCUT2D eigenvalue weighted by Crippen LogP contribution is -2.55. The van der Waals surface area contributed by atoms with Gasteiger partial charge in [-0.3, -0.25) is 13.9 Å². The van der Waals surface area contributed by atoms with Gasteiger partial charge in [-0.1, -0.05) is 103 Å². The molecule has 1 saturated carbocycles. The average Bonchev–Trinajstić information content (AvgIpc) is 3.11. The molecule has 0 saturated heterocycles. The number of anilines is 1. The van der Waals surface area contributed by atoms with Crippen molar-refractivity contribution >= 4 is 62.3 Å². The van der Waals surface area contributed by atoms with Crippen LogP contribution in [0.1, 0.15) is 50.2 Å². The molecule has 8 nitrogen and oxygen atoms in total. The number of amides is 2. The zero-order chi connectivity index (χ0) is 35.7. The summed E-state index contributed by atoms with van der Waals surface area (Å²) in [6.45, 7) is 1.40. The van der Waals surface area contributed by atoms with E-state index >= 15 is 0 Å². The molecule has 4 aromatic rings. The maximum absolute atomic E-state index is 14.8. The summed E-state index contributed by atoms with van der Waals surface area (Å²) in [5.74, 6) is -0.622. The minimum Gasteiger partial charge on any atom is -0.492 e. The van der Waals surface area contributed by atoms with Crippen molar-refractivity contribution in [1.29, 1.82) is 0 Å². The van der Waals surface area contributed by atoms with Crippen molar-refractivity contribution in [3.8, 4) is 5.75 Å². The largest absolute Gasteiger partial charge is 0.492 e. The van der Waals surface area contributed by atoms with Gasteiger partial charge >= 0.3 is 0 Å². The zero-order valence-electron chi connectivity index (χ0n) is 27.7. The lowest BCUT2D eigenvalue weighted by Gasteiger charge is -2.35. The minimum absolute atomic E-state index is 0.0173. The van der Waals surface area contributed by atoms with Gasteiger partial charge in [0, 0.05) is 24.0 Å². The molecule has 4 aromatic carbocycles. The number of rotatable bonds is 14. The molecule has 264 valence electrons. The molecule has 1 aliphatic rings. The zero-order valence-corrected chi connectivity index (χ0v) is 30.8. The number of carbonyl (C=O) groups excluding carboxylic acids is 2. The topological polar surface area (TPSA) is 96.0 Å². The molecule has 0 aliphatic heterocycles. The van der Waals surface area contributed by atoms with Crippen LogP contribution in [0.15, 0.2) is 102 Å². The predicted octanol–water partition coefficient (Wildman–Crippen LogP) is 8.33. The third-order valence-corrected chi connectivity index (χ3v) is 11.4. The lowest BCUT2D eigenvalue weighted by atomic mass is 9.94. The van der Waals surface area contributed by atoms with Gasteiger partial charge in [-0.2, -0.15) is 0 Å². The van der Waals surface area contributed by atoms with Crippen molar-refractivity contribution in [3.63, 3.8) is 0 Å². The maximum Gasteiger partial charge on any atom is 0.264 e. The highest BCUT2D eigenvalue weighted by Gasteiger charge is 2.36. The SMILES string of the molecule is CCOc1ccccc1N(CC(=O)N(Cc1ccc(Cl)c(Cl)c1)C(Cc1ccccc1)C(=O)NC1CCCCC1)S(=O)(=O)c1ccc(Cl)cc1. The highest BCUT2D eigenvalue weighted by molar-refractivity contribution is 7.92. The highest BCUT2D eigenvalue weighted by Crippen LogP contribution is 2.34. The molecule has 0 heterocycles. The Morgan fingerprint density at radius 2 is 1.52 bits per heavy atom. The van der Waals surface area contributed by atoms with Gasteiger partial charge in [-0.25, -0.2) is 8.42 Å². The second kappa shape index (κ2) is 17.4. The summed E-state index contributed by atoms with van der Waals surface area (Å²) < 4.78 is 35.7. The fraction of sp³-hybridized carbons (Fsp3) is 0.316. The number of nitrogens with zero attached hydrogens (tertiary/aromatic N) is 2. The summed E-state index contributed by atoms with van der Waals surface area (Å²) in [4.78, 5) is 30.5. The van der Waals surface area contributed by atoms with Crippen molar-refractivity contribution in [3.05, 3.63) is 123 Å². The molecule has 0 aromatic heterocycles. The van der Waals surface area contributed by atoms with E-state index in [4.69, 9.17) is 39.5 Å². The van der Waals surface area contributed by atoms with Crippen LogP contribution in [-0.4, -0.2) is 50.4 Å². The summed E-state index contributed by atoms with van der Waals surface area (Å²) in [7, 11) is -4.34. The maximum atomic E-state index is 14.8. The first-order valence-corrected chi connectivity index (χ1v) is 19.2. The van der Waals surface area contributed by atoms with Crippen LogP contribution in [0.2, 0.25) is 15.1 Å². The second-order valence-corrected chi connectivity index (χ2v) is 15.3. The summed E-state index contributed by atoms with van der Waals surface area (Å²) in [6.07, 6.45) is 5.04. The molecule has 1 aliphatic carbocycles. The summed E-state index contributed by atoms with van der Waals surface area (Å²) in [5, 5.41) is 4.21. The second-order valence-electron chi connectivity index (χ2n) is 12.2. The minimum atomic E-state index is -4.34. The molecule has 0 radical (unpaired) electrons. The van der Waals surface area contributed by atoms with Crippen LogP contribution >= 0.6 is 34.8 Å². The van der Waals surface area contributed by atoms with Crippen molar-refractivity contribution < 1.29 is 22.7 Å². The number of sulfonamides is 1. The number of benzene rings is 4. The lowest BCUT2D eigenvalue weighted by molar-refractivity contribution is -0.140. The predicted molar refractivity (Wildman–Crippen MR) is 200 cm³/mol. The van der Waals surface area contributed by atoms with Crippen LogP contribution in [0, 0.1) is 0 Å². The van der Waals surface area contributed by atoms with E-state index < -0.39 is 28.5 Å². The standard InChI is InChI=1S/C38H40Cl3N3O5S/c1-2-49-36-16-10-9-15-34(36)44(50(47,48)31-20-18-29(39)19-21-31)26-37(45)43(25-28-17-22-32(40)33(41)23-28)35(24-27-11-5-3-6-12-27)38(46)42-30-13-7-4-8-14-30/h3,5-6,9-12,15-23,30,35H,2,4,7-8,13-14,24-26H2,1H3,(H,42,46). The summed E-state index contributed by atoms with van der Waals surface area (Å²) in [5.41, 5.74) is 1.65. The normalized spacial score (nSPS) is 14.1. The Morgan fingerprint density at radius 1 is 0.840 bits per heavy atom. The third-order valence-electron chi connectivity index (χ3n) is 8.67. The van der Waals surface area contributed by atoms with Gasteiger partial charge in [0.25, 0.3) is 10.0 Å². The molecule has 1 fully saturated rings. The Labute approximate surface area is 309 Å². The fourth-order valence-corrected chi connectivity index (χ4v) is 7.99. The van der Waals surface area contributed by atoms with Gasteiger partial charge in [0.2, 0.25) is 11.8 Å². The van der Waals surface area contributed by atoms with Gasteiger partial charge in [0.05, 0.1) is 27.2 Å². The van der Waals surface area contributed by atoms with Gasteiger partial charge in [-0.05, 0) is 79.4 Å². The van der Waals surface area contributed by atoms with Crippen molar-refractivity contribution in [2.45, 2.75) is 69.0 Å². The van der Waals surface area contributed by atoms with E-state index in [1.807, 2.05) is 30.3 Å². The summed E-state index contributed by atoms with van der Waals surface area (Å²) >= 11 is 18.7. The number of hydrogen-bond acceptors (Lipinski definition) is 5. The van der Waals surface area contributed by atoms with Crippen molar-refractivity contribution in [2.24, 2.45) is 0 Å². The Kier molecular flexibility index (Phi) is 13.1. The van der Waals surface area contributed by atoms with Gasteiger partial charge in [0.1, 0.15) is 18.3 Å². The van der Waals surface area contributed by atoms with Crippen molar-refractivity contribution in [2.75, 3.05) is 17.5 Å². The van der Waals surface area contributed by atoms with Gasteiger partial charge < -0.3 is 15.0 Å². The molecular formula is C38H40Cl3N3O5S. The molecule has 1 atom stereocenters. The molecule has 0 spiro atoms. The van der Waals surface area contributed by atoms with Crippen LogP contribution in [0.25, 0.3) is 0 Å². The van der Waals surface area contributed by atoms with E-state index in [1.54, 1.807) is 49.4 Å². The quantitative estimate of drug-likeness (QED) is 0.140. The van der Waals surface area contributed by atoms with Crippen LogP contribution in [0.4, 0.5) is 5.69 Å². The van der Waals surface area contributed by atoms with Gasteiger partial charge in [0.15, 0.2) is 0 Å². The number of para-hydroxylation sites is 2. The monoisotopic (exact) mass is 755 g/mol. The number of hydrogen-bond donors (Lipinski definition) is 1. The molecule has 0 bridgehead atoms. The molecule has 5 rings (SSSR count). The smallest absolute Gasteiger partial charge is 0.264 e. The Morgan fingerprint density at radius 3 is 2.20 bits per heavy atom. The molecule has 50 heavy (non-hydrogen) atoms.